The Hall–Kier alpha value is -2.05. The molecule has 0 atom stereocenters. The van der Waals surface area contributed by atoms with E-state index in [2.05, 4.69) is 17.6 Å². The van der Waals surface area contributed by atoms with Crippen LogP contribution in [0.25, 0.3) is 0 Å². The molecule has 1 fully saturated rings. The Labute approximate surface area is 151 Å². The number of ether oxygens (including phenoxy) is 1. The Kier molecular flexibility index (Phi) is 10.4. The van der Waals surface area contributed by atoms with E-state index in [0.29, 0.717) is 19.6 Å². The molecule has 1 aliphatic heterocycles. The van der Waals surface area contributed by atoms with Gasteiger partial charge in [-0.2, -0.15) is 5.26 Å². The maximum absolute atomic E-state index is 11.9. The molecule has 0 aliphatic carbocycles. The largest absolute Gasteiger partial charge is 0.388 e. The summed E-state index contributed by atoms with van der Waals surface area (Å²) in [6.07, 6.45) is 4.08. The molecule has 138 valence electrons. The highest BCUT2D eigenvalue weighted by Gasteiger charge is 2.28. The Morgan fingerprint density at radius 2 is 2.12 bits per heavy atom. The zero-order valence-corrected chi connectivity index (χ0v) is 15.2. The van der Waals surface area contributed by atoms with Gasteiger partial charge in [-0.1, -0.05) is 25.1 Å². The van der Waals surface area contributed by atoms with Crippen LogP contribution in [0.3, 0.4) is 0 Å². The zero-order chi connectivity index (χ0) is 18.5. The molecule has 0 unspecified atom stereocenters. The average Bonchev–Trinajstić information content (AvgIpc) is 2.92. The van der Waals surface area contributed by atoms with Crippen LogP contribution in [0.2, 0.25) is 0 Å². The van der Waals surface area contributed by atoms with Crippen molar-refractivity contribution in [3.63, 3.8) is 0 Å². The number of carbonyl (C=O) groups is 3. The standard InChI is InChI=1S/C16H24N4O4S/c1-2-3-8-24-9-4-5-19-15(22)13(10-17)11-18-6-7-20-14(21)12-25-16(20)23/h11,18H,2-9,12H2,1H3,(H,19,22)/b13-11-. The second-order valence-corrected chi connectivity index (χ2v) is 6.23. The minimum atomic E-state index is -0.465. The van der Waals surface area contributed by atoms with Crippen molar-refractivity contribution >= 4 is 28.8 Å². The highest BCUT2D eigenvalue weighted by molar-refractivity contribution is 8.14. The summed E-state index contributed by atoms with van der Waals surface area (Å²) in [5.41, 5.74) is -0.0552. The van der Waals surface area contributed by atoms with Crippen LogP contribution in [0.4, 0.5) is 4.79 Å². The molecule has 0 saturated carbocycles. The van der Waals surface area contributed by atoms with Crippen molar-refractivity contribution in [3.8, 4) is 6.07 Å². The summed E-state index contributed by atoms with van der Waals surface area (Å²) in [4.78, 5) is 35.8. The van der Waals surface area contributed by atoms with Crippen LogP contribution >= 0.6 is 11.8 Å². The fourth-order valence-electron chi connectivity index (χ4n) is 1.92. The molecule has 0 aromatic heterocycles. The lowest BCUT2D eigenvalue weighted by Crippen LogP contribution is -2.34. The van der Waals surface area contributed by atoms with Gasteiger partial charge in [0, 0.05) is 39.0 Å². The summed E-state index contributed by atoms with van der Waals surface area (Å²) in [7, 11) is 0. The van der Waals surface area contributed by atoms with Crippen LogP contribution in [0.5, 0.6) is 0 Å². The first kappa shape index (κ1) is 21.0. The third kappa shape index (κ3) is 8.05. The summed E-state index contributed by atoms with van der Waals surface area (Å²) < 4.78 is 5.38. The summed E-state index contributed by atoms with van der Waals surface area (Å²) in [6.45, 7) is 4.29. The Balaban J connectivity index is 2.21. The molecule has 2 N–H and O–H groups in total. The van der Waals surface area contributed by atoms with Crippen molar-refractivity contribution in [3.05, 3.63) is 11.8 Å². The van der Waals surface area contributed by atoms with E-state index in [-0.39, 0.29) is 35.6 Å². The Bertz CT molecular complexity index is 529. The predicted molar refractivity (Wildman–Crippen MR) is 94.6 cm³/mol. The summed E-state index contributed by atoms with van der Waals surface area (Å²) in [5, 5.41) is 14.2. The molecule has 1 heterocycles. The van der Waals surface area contributed by atoms with Crippen molar-refractivity contribution in [1.29, 1.82) is 5.26 Å². The van der Waals surface area contributed by atoms with Crippen molar-refractivity contribution in [2.24, 2.45) is 0 Å². The molecule has 8 nitrogen and oxygen atoms in total. The van der Waals surface area contributed by atoms with Crippen molar-refractivity contribution in [1.82, 2.24) is 15.5 Å². The first-order valence-corrected chi connectivity index (χ1v) is 9.25. The molecule has 0 radical (unpaired) electrons. The van der Waals surface area contributed by atoms with E-state index in [1.807, 2.05) is 6.07 Å². The molecule has 25 heavy (non-hydrogen) atoms. The number of unbranched alkanes of at least 4 members (excludes halogenated alkanes) is 1. The predicted octanol–water partition coefficient (Wildman–Crippen LogP) is 1.00. The van der Waals surface area contributed by atoms with Gasteiger partial charge in [0.1, 0.15) is 11.6 Å². The quantitative estimate of drug-likeness (QED) is 0.300. The molecular formula is C16H24N4O4S. The molecule has 3 amide bonds. The number of thioether (sulfide) groups is 1. The maximum Gasteiger partial charge on any atom is 0.288 e. The molecule has 1 saturated heterocycles. The van der Waals surface area contributed by atoms with Gasteiger partial charge < -0.3 is 15.4 Å². The highest BCUT2D eigenvalue weighted by Crippen LogP contribution is 2.17. The molecule has 0 aromatic carbocycles. The van der Waals surface area contributed by atoms with Gasteiger partial charge in [-0.25, -0.2) is 0 Å². The number of hydrogen-bond donors (Lipinski definition) is 2. The van der Waals surface area contributed by atoms with Crippen molar-refractivity contribution in [2.45, 2.75) is 26.2 Å². The van der Waals surface area contributed by atoms with Crippen molar-refractivity contribution in [2.75, 3.05) is 38.6 Å². The molecule has 1 aliphatic rings. The lowest BCUT2D eigenvalue weighted by Gasteiger charge is -2.12. The van der Waals surface area contributed by atoms with Crippen LogP contribution in [0.1, 0.15) is 26.2 Å². The van der Waals surface area contributed by atoms with Crippen LogP contribution in [0, 0.1) is 11.3 Å². The number of imide groups is 1. The van der Waals surface area contributed by atoms with Gasteiger partial charge in [0.15, 0.2) is 0 Å². The van der Waals surface area contributed by atoms with Gasteiger partial charge in [-0.3, -0.25) is 19.3 Å². The Morgan fingerprint density at radius 3 is 2.76 bits per heavy atom. The SMILES string of the molecule is CCCCOCCCNC(=O)/C(C#N)=C\NCCN1C(=O)CSC1=O. The highest BCUT2D eigenvalue weighted by atomic mass is 32.2. The van der Waals surface area contributed by atoms with E-state index >= 15 is 0 Å². The fourth-order valence-corrected chi connectivity index (χ4v) is 2.67. The molecule has 0 bridgehead atoms. The smallest absolute Gasteiger partial charge is 0.288 e. The summed E-state index contributed by atoms with van der Waals surface area (Å²) in [6, 6.07) is 1.82. The third-order valence-corrected chi connectivity index (χ3v) is 4.18. The molecule has 9 heteroatoms. The van der Waals surface area contributed by atoms with E-state index in [9.17, 15) is 14.4 Å². The monoisotopic (exact) mass is 368 g/mol. The van der Waals surface area contributed by atoms with E-state index in [0.717, 1.165) is 36.1 Å². The van der Waals surface area contributed by atoms with E-state index < -0.39 is 5.91 Å². The second-order valence-electron chi connectivity index (χ2n) is 5.30. The second kappa shape index (κ2) is 12.3. The number of carbonyl (C=O) groups excluding carboxylic acids is 3. The van der Waals surface area contributed by atoms with Gasteiger partial charge in [-0.15, -0.1) is 0 Å². The van der Waals surface area contributed by atoms with Crippen molar-refractivity contribution < 1.29 is 19.1 Å². The van der Waals surface area contributed by atoms with Crippen LogP contribution in [0.15, 0.2) is 11.8 Å². The van der Waals surface area contributed by atoms with Gasteiger partial charge >= 0.3 is 0 Å². The van der Waals surface area contributed by atoms with E-state index in [1.165, 1.54) is 6.20 Å². The Morgan fingerprint density at radius 1 is 1.36 bits per heavy atom. The van der Waals surface area contributed by atoms with Crippen LogP contribution in [-0.2, 0) is 14.3 Å². The number of nitriles is 1. The fraction of sp³-hybridized carbons (Fsp3) is 0.625. The number of nitrogens with one attached hydrogen (secondary N) is 2. The molecule has 0 aromatic rings. The van der Waals surface area contributed by atoms with Crippen LogP contribution in [-0.4, -0.2) is 60.6 Å². The summed E-state index contributed by atoms with van der Waals surface area (Å²) in [5.74, 6) is -0.518. The minimum absolute atomic E-state index is 0.0552. The maximum atomic E-state index is 11.9. The lowest BCUT2D eigenvalue weighted by molar-refractivity contribution is -0.124. The first-order valence-electron chi connectivity index (χ1n) is 8.26. The topological polar surface area (TPSA) is 112 Å². The van der Waals surface area contributed by atoms with E-state index in [1.54, 1.807) is 0 Å². The number of nitrogens with zero attached hydrogens (tertiary/aromatic N) is 2. The number of amides is 3. The number of rotatable bonds is 12. The average molecular weight is 368 g/mol. The van der Waals surface area contributed by atoms with Gasteiger partial charge in [-0.05, 0) is 12.8 Å². The molecular weight excluding hydrogens is 344 g/mol. The molecule has 1 rings (SSSR count). The zero-order valence-electron chi connectivity index (χ0n) is 14.4. The number of hydrogen-bond acceptors (Lipinski definition) is 7. The van der Waals surface area contributed by atoms with Crippen LogP contribution < -0.4 is 10.6 Å². The van der Waals surface area contributed by atoms with Gasteiger partial charge in [0.05, 0.1) is 5.75 Å². The van der Waals surface area contributed by atoms with Gasteiger partial charge in [0.25, 0.3) is 11.1 Å². The lowest BCUT2D eigenvalue weighted by atomic mass is 10.3. The molecule has 0 spiro atoms. The normalized spacial score (nSPS) is 14.6. The summed E-state index contributed by atoms with van der Waals surface area (Å²) >= 11 is 0.972. The van der Waals surface area contributed by atoms with Gasteiger partial charge in [0.2, 0.25) is 5.91 Å². The first-order chi connectivity index (χ1) is 12.1. The minimum Gasteiger partial charge on any atom is -0.388 e. The third-order valence-electron chi connectivity index (χ3n) is 3.33. The van der Waals surface area contributed by atoms with E-state index in [4.69, 9.17) is 10.00 Å².